The zero-order valence-corrected chi connectivity index (χ0v) is 14.0. The summed E-state index contributed by atoms with van der Waals surface area (Å²) in [5.41, 5.74) is 4.09. The Bertz CT molecular complexity index is 668. The highest BCUT2D eigenvalue weighted by atomic mass is 79.9. The number of amides is 1. The average Bonchev–Trinajstić information content (AvgIpc) is 2.44. The van der Waals surface area contributed by atoms with E-state index in [1.807, 2.05) is 51.1 Å². The minimum Gasteiger partial charge on any atom is -0.483 e. The van der Waals surface area contributed by atoms with Gasteiger partial charge in [-0.3, -0.25) is 4.79 Å². The molecule has 0 aliphatic heterocycles. The van der Waals surface area contributed by atoms with Gasteiger partial charge in [-0.2, -0.15) is 0 Å². The van der Waals surface area contributed by atoms with Crippen LogP contribution in [0.5, 0.6) is 5.75 Å². The first-order valence-electron chi connectivity index (χ1n) is 6.72. The SMILES string of the molecule is Cc1cc(C)c(C)c(OCC(=O)Nc2ccccc2Br)c1. The zero-order valence-electron chi connectivity index (χ0n) is 12.4. The molecule has 0 aliphatic carbocycles. The fraction of sp³-hybridized carbons (Fsp3) is 0.235. The third-order valence-corrected chi connectivity index (χ3v) is 3.96. The number of ether oxygens (including phenoxy) is 1. The van der Waals surface area contributed by atoms with E-state index < -0.39 is 0 Å². The van der Waals surface area contributed by atoms with E-state index in [1.54, 1.807) is 0 Å². The molecule has 0 atom stereocenters. The van der Waals surface area contributed by atoms with Crippen molar-refractivity contribution in [2.24, 2.45) is 0 Å². The monoisotopic (exact) mass is 347 g/mol. The fourth-order valence-corrected chi connectivity index (χ4v) is 2.43. The van der Waals surface area contributed by atoms with Gasteiger partial charge in [-0.15, -0.1) is 0 Å². The summed E-state index contributed by atoms with van der Waals surface area (Å²) in [5.74, 6) is 0.579. The number of anilines is 1. The minimum absolute atomic E-state index is 0.00886. The van der Waals surface area contributed by atoms with E-state index in [9.17, 15) is 4.79 Å². The van der Waals surface area contributed by atoms with Gasteiger partial charge >= 0.3 is 0 Å². The van der Waals surface area contributed by atoms with E-state index in [0.29, 0.717) is 0 Å². The van der Waals surface area contributed by atoms with Crippen molar-refractivity contribution >= 4 is 27.5 Å². The Kier molecular flexibility index (Phi) is 5.02. The number of hydrogen-bond acceptors (Lipinski definition) is 2. The van der Waals surface area contributed by atoms with Crippen molar-refractivity contribution in [3.63, 3.8) is 0 Å². The smallest absolute Gasteiger partial charge is 0.262 e. The summed E-state index contributed by atoms with van der Waals surface area (Å²) in [6.07, 6.45) is 0. The van der Waals surface area contributed by atoms with E-state index in [0.717, 1.165) is 32.6 Å². The maximum atomic E-state index is 12.0. The Morgan fingerprint density at radius 1 is 1.19 bits per heavy atom. The van der Waals surface area contributed by atoms with Crippen molar-refractivity contribution in [3.8, 4) is 5.75 Å². The molecular weight excluding hydrogens is 330 g/mol. The summed E-state index contributed by atoms with van der Waals surface area (Å²) in [6, 6.07) is 11.5. The van der Waals surface area contributed by atoms with Gasteiger partial charge in [0.15, 0.2) is 6.61 Å². The van der Waals surface area contributed by atoms with Crippen LogP contribution >= 0.6 is 15.9 Å². The molecule has 0 unspecified atom stereocenters. The molecule has 3 nitrogen and oxygen atoms in total. The van der Waals surface area contributed by atoms with Crippen molar-refractivity contribution in [2.45, 2.75) is 20.8 Å². The normalized spacial score (nSPS) is 10.3. The van der Waals surface area contributed by atoms with Gasteiger partial charge in [0, 0.05) is 4.47 Å². The zero-order chi connectivity index (χ0) is 15.4. The van der Waals surface area contributed by atoms with Crippen LogP contribution in [-0.4, -0.2) is 12.5 Å². The molecule has 0 fully saturated rings. The van der Waals surface area contributed by atoms with E-state index >= 15 is 0 Å². The molecule has 2 aromatic rings. The fourth-order valence-electron chi connectivity index (χ4n) is 2.04. The number of rotatable bonds is 4. The number of benzene rings is 2. The van der Waals surface area contributed by atoms with Crippen LogP contribution in [0, 0.1) is 20.8 Å². The standard InChI is InChI=1S/C17H18BrNO2/c1-11-8-12(2)13(3)16(9-11)21-10-17(20)19-15-7-5-4-6-14(15)18/h4-9H,10H2,1-3H3,(H,19,20). The molecule has 0 heterocycles. The van der Waals surface area contributed by atoms with Crippen LogP contribution in [0.3, 0.4) is 0 Å². The second-order valence-electron chi connectivity index (χ2n) is 5.02. The van der Waals surface area contributed by atoms with Gasteiger partial charge < -0.3 is 10.1 Å². The van der Waals surface area contributed by atoms with Crippen LogP contribution in [0.15, 0.2) is 40.9 Å². The van der Waals surface area contributed by atoms with Gasteiger partial charge in [0.1, 0.15) is 5.75 Å². The molecule has 110 valence electrons. The van der Waals surface area contributed by atoms with Gasteiger partial charge in [0.2, 0.25) is 0 Å². The first kappa shape index (κ1) is 15.6. The van der Waals surface area contributed by atoms with Crippen LogP contribution < -0.4 is 10.1 Å². The largest absolute Gasteiger partial charge is 0.483 e. The van der Waals surface area contributed by atoms with Crippen molar-refractivity contribution in [1.82, 2.24) is 0 Å². The van der Waals surface area contributed by atoms with E-state index in [2.05, 4.69) is 27.3 Å². The van der Waals surface area contributed by atoms with Crippen molar-refractivity contribution in [1.29, 1.82) is 0 Å². The van der Waals surface area contributed by atoms with Crippen LogP contribution in [0.2, 0.25) is 0 Å². The Balaban J connectivity index is 2.00. The highest BCUT2D eigenvalue weighted by molar-refractivity contribution is 9.10. The van der Waals surface area contributed by atoms with Gasteiger partial charge in [0.05, 0.1) is 5.69 Å². The van der Waals surface area contributed by atoms with Crippen molar-refractivity contribution in [2.75, 3.05) is 11.9 Å². The second kappa shape index (κ2) is 6.76. The lowest BCUT2D eigenvalue weighted by atomic mass is 10.1. The van der Waals surface area contributed by atoms with E-state index in [-0.39, 0.29) is 12.5 Å². The van der Waals surface area contributed by atoms with Gasteiger partial charge in [-0.25, -0.2) is 0 Å². The first-order valence-corrected chi connectivity index (χ1v) is 7.51. The Labute approximate surface area is 133 Å². The molecule has 0 saturated carbocycles. The molecule has 2 aromatic carbocycles. The minimum atomic E-state index is -0.180. The maximum absolute atomic E-state index is 12.0. The molecule has 4 heteroatoms. The maximum Gasteiger partial charge on any atom is 0.262 e. The quantitative estimate of drug-likeness (QED) is 0.890. The Morgan fingerprint density at radius 2 is 1.90 bits per heavy atom. The first-order chi connectivity index (χ1) is 9.97. The lowest BCUT2D eigenvalue weighted by molar-refractivity contribution is -0.118. The third kappa shape index (κ3) is 4.08. The molecule has 0 aromatic heterocycles. The lowest BCUT2D eigenvalue weighted by Gasteiger charge is -2.13. The summed E-state index contributed by atoms with van der Waals surface area (Å²) >= 11 is 3.40. The number of para-hydroxylation sites is 1. The van der Waals surface area contributed by atoms with Gasteiger partial charge in [0.25, 0.3) is 5.91 Å². The van der Waals surface area contributed by atoms with Gasteiger partial charge in [-0.1, -0.05) is 18.2 Å². The number of carbonyl (C=O) groups excluding carboxylic acids is 1. The number of halogens is 1. The predicted octanol–water partition coefficient (Wildman–Crippen LogP) is 4.39. The number of nitrogens with one attached hydrogen (secondary N) is 1. The van der Waals surface area contributed by atoms with Gasteiger partial charge in [-0.05, 0) is 71.6 Å². The molecule has 21 heavy (non-hydrogen) atoms. The van der Waals surface area contributed by atoms with Crippen LogP contribution in [0.25, 0.3) is 0 Å². The molecule has 0 bridgehead atoms. The molecule has 1 N–H and O–H groups in total. The van der Waals surface area contributed by atoms with E-state index in [4.69, 9.17) is 4.74 Å². The molecule has 0 radical (unpaired) electrons. The highest BCUT2D eigenvalue weighted by Crippen LogP contribution is 2.24. The molecular formula is C17H18BrNO2. The molecule has 0 spiro atoms. The van der Waals surface area contributed by atoms with Crippen LogP contribution in [-0.2, 0) is 4.79 Å². The summed E-state index contributed by atoms with van der Waals surface area (Å²) < 4.78 is 6.49. The summed E-state index contributed by atoms with van der Waals surface area (Å²) in [5, 5.41) is 2.82. The second-order valence-corrected chi connectivity index (χ2v) is 5.88. The Morgan fingerprint density at radius 3 is 2.62 bits per heavy atom. The number of aryl methyl sites for hydroxylation is 2. The number of hydrogen-bond donors (Lipinski definition) is 1. The third-order valence-electron chi connectivity index (χ3n) is 3.27. The molecule has 0 aliphatic rings. The van der Waals surface area contributed by atoms with Crippen molar-refractivity contribution in [3.05, 3.63) is 57.6 Å². The van der Waals surface area contributed by atoms with Crippen LogP contribution in [0.1, 0.15) is 16.7 Å². The lowest BCUT2D eigenvalue weighted by Crippen LogP contribution is -2.20. The molecule has 1 amide bonds. The molecule has 2 rings (SSSR count). The average molecular weight is 348 g/mol. The van der Waals surface area contributed by atoms with Crippen LogP contribution in [0.4, 0.5) is 5.69 Å². The van der Waals surface area contributed by atoms with E-state index in [1.165, 1.54) is 0 Å². The summed E-state index contributed by atoms with van der Waals surface area (Å²) in [7, 11) is 0. The van der Waals surface area contributed by atoms with Crippen molar-refractivity contribution < 1.29 is 9.53 Å². The number of carbonyl (C=O) groups is 1. The highest BCUT2D eigenvalue weighted by Gasteiger charge is 2.08. The predicted molar refractivity (Wildman–Crippen MR) is 88.9 cm³/mol. The summed E-state index contributed by atoms with van der Waals surface area (Å²) in [4.78, 5) is 12.0. The topological polar surface area (TPSA) is 38.3 Å². The molecule has 0 saturated heterocycles. The Hall–Kier alpha value is -1.81. The summed E-state index contributed by atoms with van der Waals surface area (Å²) in [6.45, 7) is 6.04.